The number of thioether (sulfide) groups is 1. The van der Waals surface area contributed by atoms with Gasteiger partial charge in [0.1, 0.15) is 0 Å². The molecule has 0 saturated heterocycles. The van der Waals surface area contributed by atoms with Crippen molar-refractivity contribution in [1.82, 2.24) is 0 Å². The molecule has 0 amide bonds. The number of rotatable bonds is 2. The number of benzene rings is 1. The minimum atomic E-state index is 0.415. The molecule has 2 N–H and O–H groups in total. The monoisotopic (exact) mass is 179 g/mol. The van der Waals surface area contributed by atoms with Crippen LogP contribution in [0.3, 0.4) is 0 Å². The van der Waals surface area contributed by atoms with Crippen LogP contribution in [-0.4, -0.2) is 12.3 Å². The van der Waals surface area contributed by atoms with Gasteiger partial charge in [0.15, 0.2) is 0 Å². The van der Waals surface area contributed by atoms with Crippen molar-refractivity contribution in [3.63, 3.8) is 0 Å². The zero-order chi connectivity index (χ0) is 8.55. The van der Waals surface area contributed by atoms with Crippen LogP contribution in [0.4, 0.5) is 0 Å². The lowest BCUT2D eigenvalue weighted by atomic mass is 10.1. The highest BCUT2D eigenvalue weighted by atomic mass is 32.2. The Labute approximate surface area is 77.3 Å². The van der Waals surface area contributed by atoms with Gasteiger partial charge >= 0.3 is 0 Å². The normalized spacial score (nSPS) is 27.2. The van der Waals surface area contributed by atoms with E-state index in [0.29, 0.717) is 12.0 Å². The second-order valence-electron chi connectivity index (χ2n) is 3.25. The van der Waals surface area contributed by atoms with Crippen LogP contribution >= 0.6 is 11.8 Å². The second-order valence-corrected chi connectivity index (χ2v) is 4.10. The van der Waals surface area contributed by atoms with Crippen LogP contribution in [-0.2, 0) is 0 Å². The van der Waals surface area contributed by atoms with Crippen LogP contribution in [0, 0.1) is 0 Å². The van der Waals surface area contributed by atoms with Gasteiger partial charge < -0.3 is 5.73 Å². The van der Waals surface area contributed by atoms with Crippen molar-refractivity contribution >= 4 is 11.8 Å². The molecule has 1 aromatic carbocycles. The predicted molar refractivity (Wildman–Crippen MR) is 53.6 cm³/mol. The average Bonchev–Trinajstić information content (AvgIpc) is 2.83. The van der Waals surface area contributed by atoms with E-state index in [1.807, 2.05) is 11.8 Å². The third-order valence-corrected chi connectivity index (χ3v) is 3.19. The fourth-order valence-corrected chi connectivity index (χ4v) is 2.21. The van der Waals surface area contributed by atoms with Crippen molar-refractivity contribution in [3.05, 3.63) is 29.8 Å². The maximum Gasteiger partial charge on any atom is 0.0115 e. The molecule has 2 atom stereocenters. The van der Waals surface area contributed by atoms with Crippen molar-refractivity contribution in [3.8, 4) is 0 Å². The van der Waals surface area contributed by atoms with Crippen molar-refractivity contribution < 1.29 is 0 Å². The number of nitrogens with two attached hydrogens (primary N) is 1. The molecule has 0 aromatic heterocycles. The van der Waals surface area contributed by atoms with E-state index in [1.165, 1.54) is 10.5 Å². The van der Waals surface area contributed by atoms with Crippen molar-refractivity contribution in [2.45, 2.75) is 23.3 Å². The molecule has 1 aliphatic rings. The zero-order valence-electron chi connectivity index (χ0n) is 7.16. The summed E-state index contributed by atoms with van der Waals surface area (Å²) >= 11 is 1.81. The maximum absolute atomic E-state index is 5.81. The number of hydrogen-bond acceptors (Lipinski definition) is 2. The summed E-state index contributed by atoms with van der Waals surface area (Å²) in [5.41, 5.74) is 7.25. The van der Waals surface area contributed by atoms with Gasteiger partial charge in [0, 0.05) is 16.9 Å². The summed E-state index contributed by atoms with van der Waals surface area (Å²) in [6.07, 6.45) is 3.28. The molecule has 0 unspecified atom stereocenters. The first-order valence-electron chi connectivity index (χ1n) is 4.21. The molecule has 0 spiro atoms. The summed E-state index contributed by atoms with van der Waals surface area (Å²) in [6.45, 7) is 0. The molecule has 0 radical (unpaired) electrons. The van der Waals surface area contributed by atoms with Crippen LogP contribution in [0.5, 0.6) is 0 Å². The van der Waals surface area contributed by atoms with E-state index in [0.717, 1.165) is 6.42 Å². The fourth-order valence-electron chi connectivity index (χ4n) is 1.55. The highest BCUT2D eigenvalue weighted by Crippen LogP contribution is 2.42. The summed E-state index contributed by atoms with van der Waals surface area (Å²) in [6, 6.07) is 8.97. The van der Waals surface area contributed by atoms with Crippen LogP contribution in [0.15, 0.2) is 29.2 Å². The topological polar surface area (TPSA) is 26.0 Å². The van der Waals surface area contributed by atoms with Gasteiger partial charge in [0.05, 0.1) is 0 Å². The smallest absolute Gasteiger partial charge is 0.0115 e. The lowest BCUT2D eigenvalue weighted by Gasteiger charge is -2.04. The summed E-state index contributed by atoms with van der Waals surface area (Å²) in [7, 11) is 0. The average molecular weight is 179 g/mol. The molecule has 1 aromatic rings. The van der Waals surface area contributed by atoms with Crippen molar-refractivity contribution in [2.24, 2.45) is 5.73 Å². The lowest BCUT2D eigenvalue weighted by Crippen LogP contribution is -2.01. The van der Waals surface area contributed by atoms with Crippen LogP contribution in [0.1, 0.15) is 17.9 Å². The van der Waals surface area contributed by atoms with Gasteiger partial charge in [-0.3, -0.25) is 0 Å². The van der Waals surface area contributed by atoms with Gasteiger partial charge in [-0.05, 0) is 24.3 Å². The summed E-state index contributed by atoms with van der Waals surface area (Å²) < 4.78 is 0. The molecular formula is C10H13NS. The van der Waals surface area contributed by atoms with Gasteiger partial charge in [-0.25, -0.2) is 0 Å². The predicted octanol–water partition coefficient (Wildman–Crippen LogP) is 2.22. The van der Waals surface area contributed by atoms with Gasteiger partial charge in [0.25, 0.3) is 0 Å². The molecule has 0 bridgehead atoms. The molecule has 0 aliphatic heterocycles. The van der Waals surface area contributed by atoms with E-state index in [1.54, 1.807) is 0 Å². The van der Waals surface area contributed by atoms with Gasteiger partial charge in [-0.1, -0.05) is 18.2 Å². The Hall–Kier alpha value is -0.470. The minimum absolute atomic E-state index is 0.415. The lowest BCUT2D eigenvalue weighted by molar-refractivity contribution is 0.968. The van der Waals surface area contributed by atoms with Crippen LogP contribution in [0.25, 0.3) is 0 Å². The van der Waals surface area contributed by atoms with Crippen molar-refractivity contribution in [1.29, 1.82) is 0 Å². The van der Waals surface area contributed by atoms with E-state index in [2.05, 4.69) is 30.5 Å². The van der Waals surface area contributed by atoms with E-state index < -0.39 is 0 Å². The minimum Gasteiger partial charge on any atom is -0.327 e. The highest BCUT2D eigenvalue weighted by Gasteiger charge is 2.35. The molecule has 0 heterocycles. The largest absolute Gasteiger partial charge is 0.327 e. The SMILES string of the molecule is CSc1ccccc1[C@@H]1C[C@H]1N. The molecule has 2 rings (SSSR count). The van der Waals surface area contributed by atoms with Gasteiger partial charge in [0.2, 0.25) is 0 Å². The van der Waals surface area contributed by atoms with E-state index in [4.69, 9.17) is 5.73 Å². The van der Waals surface area contributed by atoms with Crippen LogP contribution in [0.2, 0.25) is 0 Å². The molecule has 1 saturated carbocycles. The Morgan fingerprint density at radius 3 is 2.67 bits per heavy atom. The Kier molecular flexibility index (Phi) is 2.11. The van der Waals surface area contributed by atoms with E-state index in [9.17, 15) is 0 Å². The fraction of sp³-hybridized carbons (Fsp3) is 0.400. The first-order valence-corrected chi connectivity index (χ1v) is 5.44. The Morgan fingerprint density at radius 2 is 2.08 bits per heavy atom. The molecule has 12 heavy (non-hydrogen) atoms. The maximum atomic E-state index is 5.81. The van der Waals surface area contributed by atoms with Gasteiger partial charge in [-0.15, -0.1) is 11.8 Å². The Bertz CT molecular complexity index is 285. The van der Waals surface area contributed by atoms with E-state index >= 15 is 0 Å². The quantitative estimate of drug-likeness (QED) is 0.704. The Morgan fingerprint density at radius 1 is 1.42 bits per heavy atom. The summed E-state index contributed by atoms with van der Waals surface area (Å²) in [4.78, 5) is 1.38. The zero-order valence-corrected chi connectivity index (χ0v) is 7.97. The summed E-state index contributed by atoms with van der Waals surface area (Å²) in [5, 5.41) is 0. The molecule has 64 valence electrons. The standard InChI is InChI=1S/C10H13NS/c1-12-10-5-3-2-4-7(10)8-6-9(8)11/h2-5,8-9H,6,11H2,1H3/t8-,9+/m0/s1. The third-order valence-electron chi connectivity index (χ3n) is 2.38. The first-order chi connectivity index (χ1) is 5.83. The number of hydrogen-bond donors (Lipinski definition) is 1. The highest BCUT2D eigenvalue weighted by molar-refractivity contribution is 7.98. The van der Waals surface area contributed by atoms with Crippen molar-refractivity contribution in [2.75, 3.05) is 6.26 Å². The molecule has 1 aliphatic carbocycles. The van der Waals surface area contributed by atoms with E-state index in [-0.39, 0.29) is 0 Å². The molecule has 1 nitrogen and oxygen atoms in total. The second kappa shape index (κ2) is 3.11. The molecular weight excluding hydrogens is 166 g/mol. The van der Waals surface area contributed by atoms with Gasteiger partial charge in [-0.2, -0.15) is 0 Å². The molecule has 1 fully saturated rings. The first kappa shape index (κ1) is 8.14. The van der Waals surface area contributed by atoms with Crippen LogP contribution < -0.4 is 5.73 Å². The third kappa shape index (κ3) is 1.37. The Balaban J connectivity index is 2.29. The molecule has 2 heteroatoms. The summed E-state index contributed by atoms with van der Waals surface area (Å²) in [5.74, 6) is 0.633.